The van der Waals surface area contributed by atoms with E-state index in [-0.39, 0.29) is 13.0 Å². The van der Waals surface area contributed by atoms with Crippen molar-refractivity contribution in [3.05, 3.63) is 33.1 Å². The van der Waals surface area contributed by atoms with Gasteiger partial charge in [0.1, 0.15) is 6.10 Å². The van der Waals surface area contributed by atoms with Crippen LogP contribution in [0.2, 0.25) is 0 Å². The predicted octanol–water partition coefficient (Wildman–Crippen LogP) is -0.478. The van der Waals surface area contributed by atoms with Crippen LogP contribution < -0.4 is 11.2 Å². The third-order valence-electron chi connectivity index (χ3n) is 3.69. The van der Waals surface area contributed by atoms with E-state index in [0.717, 1.165) is 12.8 Å². The van der Waals surface area contributed by atoms with E-state index in [2.05, 4.69) is 4.98 Å². The van der Waals surface area contributed by atoms with Gasteiger partial charge in [-0.05, 0) is 12.8 Å². The van der Waals surface area contributed by atoms with Gasteiger partial charge >= 0.3 is 5.69 Å². The molecule has 7 nitrogen and oxygen atoms in total. The zero-order valence-corrected chi connectivity index (χ0v) is 11.4. The number of aromatic amines is 1. The Kier molecular flexibility index (Phi) is 4.42. The Morgan fingerprint density at radius 1 is 1.55 bits per heavy atom. The standard InChI is InChI=1S/C13H20N2O5/c1-2-3-5-13(7-9(17)10(8-16)20-13)15-6-4-11(18)14-12(15)19/h4,6,9-10,16-17H,2-3,5,7-8H2,1H3,(H,14,18,19)/t9-,10+,13+/m0/s1. The fraction of sp³-hybridized carbons (Fsp3) is 0.692. The number of nitrogens with zero attached hydrogens (tertiary/aromatic N) is 1. The van der Waals surface area contributed by atoms with Crippen LogP contribution in [-0.2, 0) is 10.5 Å². The Labute approximate surface area is 115 Å². The molecule has 1 aromatic rings. The predicted molar refractivity (Wildman–Crippen MR) is 71.4 cm³/mol. The first-order valence-corrected chi connectivity index (χ1v) is 6.81. The van der Waals surface area contributed by atoms with Crippen molar-refractivity contribution in [3.63, 3.8) is 0 Å². The molecule has 20 heavy (non-hydrogen) atoms. The van der Waals surface area contributed by atoms with E-state index in [1.807, 2.05) is 6.92 Å². The van der Waals surface area contributed by atoms with Crippen molar-refractivity contribution in [2.24, 2.45) is 0 Å². The molecule has 1 fully saturated rings. The van der Waals surface area contributed by atoms with Gasteiger partial charge in [0, 0.05) is 18.7 Å². The number of hydrogen-bond acceptors (Lipinski definition) is 5. The molecule has 0 bridgehead atoms. The number of aromatic nitrogens is 2. The van der Waals surface area contributed by atoms with Crippen molar-refractivity contribution < 1.29 is 14.9 Å². The van der Waals surface area contributed by atoms with Crippen LogP contribution >= 0.6 is 0 Å². The van der Waals surface area contributed by atoms with E-state index in [1.54, 1.807) is 0 Å². The zero-order valence-electron chi connectivity index (χ0n) is 11.4. The average Bonchev–Trinajstić information content (AvgIpc) is 2.73. The van der Waals surface area contributed by atoms with Crippen molar-refractivity contribution >= 4 is 0 Å². The summed E-state index contributed by atoms with van der Waals surface area (Å²) in [6.45, 7) is 1.70. The normalized spacial score (nSPS) is 29.8. The van der Waals surface area contributed by atoms with Crippen LogP contribution in [0, 0.1) is 0 Å². The molecule has 3 atom stereocenters. The summed E-state index contributed by atoms with van der Waals surface area (Å²) in [4.78, 5) is 25.3. The summed E-state index contributed by atoms with van der Waals surface area (Å²) < 4.78 is 7.07. The zero-order chi connectivity index (χ0) is 14.8. The highest BCUT2D eigenvalue weighted by Gasteiger charge is 2.47. The number of ether oxygens (including phenoxy) is 1. The molecule has 7 heteroatoms. The van der Waals surface area contributed by atoms with Crippen molar-refractivity contribution in [2.75, 3.05) is 6.61 Å². The largest absolute Gasteiger partial charge is 0.394 e. The molecule has 0 aromatic carbocycles. The van der Waals surface area contributed by atoms with E-state index >= 15 is 0 Å². The highest BCUT2D eigenvalue weighted by Crippen LogP contribution is 2.38. The quantitative estimate of drug-likeness (QED) is 0.677. The van der Waals surface area contributed by atoms with Gasteiger partial charge in [0.25, 0.3) is 5.56 Å². The molecule has 1 aromatic heterocycles. The SMILES string of the molecule is CCCC[C@]1(n2ccc(=O)[nH]c2=O)C[C@H](O)[C@@H](CO)O1. The van der Waals surface area contributed by atoms with Gasteiger partial charge in [-0.2, -0.15) is 0 Å². The van der Waals surface area contributed by atoms with Crippen molar-refractivity contribution in [2.45, 2.75) is 50.5 Å². The number of unbranched alkanes of at least 4 members (excludes halogenated alkanes) is 1. The first-order valence-electron chi connectivity index (χ1n) is 6.81. The fourth-order valence-corrected chi connectivity index (χ4v) is 2.65. The molecule has 1 aliphatic heterocycles. The second-order valence-corrected chi connectivity index (χ2v) is 5.14. The van der Waals surface area contributed by atoms with Gasteiger partial charge < -0.3 is 14.9 Å². The smallest absolute Gasteiger partial charge is 0.330 e. The molecule has 3 N–H and O–H groups in total. The Hall–Kier alpha value is -1.44. The van der Waals surface area contributed by atoms with Gasteiger partial charge in [-0.3, -0.25) is 14.3 Å². The third-order valence-corrected chi connectivity index (χ3v) is 3.69. The summed E-state index contributed by atoms with van der Waals surface area (Å²) >= 11 is 0. The Bertz CT molecular complexity index is 566. The molecule has 0 unspecified atom stereocenters. The van der Waals surface area contributed by atoms with E-state index in [1.165, 1.54) is 16.8 Å². The minimum atomic E-state index is -1.01. The first kappa shape index (κ1) is 15.0. The van der Waals surface area contributed by atoms with E-state index in [4.69, 9.17) is 4.74 Å². The van der Waals surface area contributed by atoms with Crippen LogP contribution in [-0.4, -0.2) is 38.6 Å². The lowest BCUT2D eigenvalue weighted by Gasteiger charge is -2.31. The van der Waals surface area contributed by atoms with Crippen LogP contribution in [0.15, 0.2) is 21.9 Å². The maximum Gasteiger partial charge on any atom is 0.330 e. The van der Waals surface area contributed by atoms with E-state index < -0.39 is 29.2 Å². The van der Waals surface area contributed by atoms with Crippen LogP contribution in [0.5, 0.6) is 0 Å². The van der Waals surface area contributed by atoms with Crippen LogP contribution in [0.4, 0.5) is 0 Å². The lowest BCUT2D eigenvalue weighted by molar-refractivity contribution is -0.124. The highest BCUT2D eigenvalue weighted by molar-refractivity contribution is 4.96. The van der Waals surface area contributed by atoms with Crippen molar-refractivity contribution in [3.8, 4) is 0 Å². The molecule has 0 saturated carbocycles. The molecule has 1 aliphatic rings. The summed E-state index contributed by atoms with van der Waals surface area (Å²) in [7, 11) is 0. The first-order chi connectivity index (χ1) is 9.52. The maximum absolute atomic E-state index is 12.0. The molecular formula is C13H20N2O5. The average molecular weight is 284 g/mol. The molecule has 0 radical (unpaired) electrons. The second-order valence-electron chi connectivity index (χ2n) is 5.14. The third kappa shape index (κ3) is 2.70. The molecule has 1 saturated heterocycles. The molecule has 112 valence electrons. The number of aliphatic hydroxyl groups excluding tert-OH is 2. The van der Waals surface area contributed by atoms with Crippen LogP contribution in [0.25, 0.3) is 0 Å². The van der Waals surface area contributed by atoms with E-state index in [9.17, 15) is 19.8 Å². The van der Waals surface area contributed by atoms with Gasteiger partial charge in [-0.15, -0.1) is 0 Å². The summed E-state index contributed by atoms with van der Waals surface area (Å²) in [6.07, 6.45) is 2.28. The summed E-state index contributed by atoms with van der Waals surface area (Å²) in [6, 6.07) is 1.25. The molecular weight excluding hydrogens is 264 g/mol. The summed E-state index contributed by atoms with van der Waals surface area (Å²) in [5, 5.41) is 19.2. The van der Waals surface area contributed by atoms with Crippen LogP contribution in [0.1, 0.15) is 32.6 Å². The molecule has 0 aliphatic carbocycles. The topological polar surface area (TPSA) is 105 Å². The van der Waals surface area contributed by atoms with Gasteiger partial charge in [0.2, 0.25) is 0 Å². The summed E-state index contributed by atoms with van der Waals surface area (Å²) in [5.41, 5.74) is -2.06. The van der Waals surface area contributed by atoms with Crippen LogP contribution in [0.3, 0.4) is 0 Å². The monoisotopic (exact) mass is 284 g/mol. The van der Waals surface area contributed by atoms with E-state index in [0.29, 0.717) is 6.42 Å². The minimum absolute atomic E-state index is 0.212. The Morgan fingerprint density at radius 2 is 2.30 bits per heavy atom. The maximum atomic E-state index is 12.0. The Balaban J connectivity index is 2.42. The lowest BCUT2D eigenvalue weighted by Crippen LogP contribution is -2.44. The second kappa shape index (κ2) is 5.90. The Morgan fingerprint density at radius 3 is 2.85 bits per heavy atom. The number of rotatable bonds is 5. The number of aliphatic hydroxyl groups is 2. The lowest BCUT2D eigenvalue weighted by atomic mass is 10.00. The molecule has 2 rings (SSSR count). The van der Waals surface area contributed by atoms with Gasteiger partial charge in [-0.1, -0.05) is 13.3 Å². The minimum Gasteiger partial charge on any atom is -0.394 e. The number of H-pyrrole nitrogens is 1. The van der Waals surface area contributed by atoms with Crippen molar-refractivity contribution in [1.82, 2.24) is 9.55 Å². The van der Waals surface area contributed by atoms with Gasteiger partial charge in [0.15, 0.2) is 5.72 Å². The number of nitrogens with one attached hydrogen (secondary N) is 1. The van der Waals surface area contributed by atoms with Crippen molar-refractivity contribution in [1.29, 1.82) is 0 Å². The molecule has 0 spiro atoms. The van der Waals surface area contributed by atoms with Gasteiger partial charge in [0.05, 0.1) is 12.7 Å². The highest BCUT2D eigenvalue weighted by atomic mass is 16.6. The number of hydrogen-bond donors (Lipinski definition) is 3. The van der Waals surface area contributed by atoms with Gasteiger partial charge in [-0.25, -0.2) is 4.79 Å². The molecule has 0 amide bonds. The fourth-order valence-electron chi connectivity index (χ4n) is 2.65. The summed E-state index contributed by atoms with van der Waals surface area (Å²) in [5.74, 6) is 0. The molecule has 2 heterocycles.